The van der Waals surface area contributed by atoms with E-state index < -0.39 is 0 Å². The third-order valence-electron chi connectivity index (χ3n) is 1.83. The van der Waals surface area contributed by atoms with Crippen molar-refractivity contribution in [1.29, 1.82) is 0 Å². The van der Waals surface area contributed by atoms with Gasteiger partial charge in [0.1, 0.15) is 0 Å². The fourth-order valence-corrected chi connectivity index (χ4v) is 2.05. The van der Waals surface area contributed by atoms with Crippen molar-refractivity contribution < 1.29 is 0 Å². The minimum Gasteiger partial charge on any atom is -0.322 e. The van der Waals surface area contributed by atoms with Gasteiger partial charge in [-0.15, -0.1) is 0 Å². The number of aromatic nitrogens is 2. The van der Waals surface area contributed by atoms with Gasteiger partial charge in [-0.25, -0.2) is 0 Å². The summed E-state index contributed by atoms with van der Waals surface area (Å²) in [6, 6.07) is -0.0232. The Morgan fingerprint density at radius 1 is 1.77 bits per heavy atom. The summed E-state index contributed by atoms with van der Waals surface area (Å²) in [5.74, 6) is 0.866. The highest BCUT2D eigenvalue weighted by Gasteiger charge is 2.15. The second-order valence-electron chi connectivity index (χ2n) is 2.76. The van der Waals surface area contributed by atoms with Crippen LogP contribution in [0.4, 0.5) is 0 Å². The van der Waals surface area contributed by atoms with Gasteiger partial charge in [-0.05, 0) is 13.2 Å². The molecular weight excluding hydrogens is 206 g/mol. The molecule has 1 rings (SSSR count). The van der Waals surface area contributed by atoms with E-state index in [4.69, 9.17) is 17.3 Å². The van der Waals surface area contributed by atoms with Crippen LogP contribution in [0.15, 0.2) is 6.20 Å². The Labute approximate surface area is 87.6 Å². The van der Waals surface area contributed by atoms with Gasteiger partial charge in [0.2, 0.25) is 0 Å². The number of halogens is 1. The molecule has 13 heavy (non-hydrogen) atoms. The average molecular weight is 220 g/mol. The monoisotopic (exact) mass is 219 g/mol. The van der Waals surface area contributed by atoms with Crippen LogP contribution < -0.4 is 5.73 Å². The van der Waals surface area contributed by atoms with Crippen molar-refractivity contribution in [3.8, 4) is 0 Å². The molecule has 1 unspecified atom stereocenters. The van der Waals surface area contributed by atoms with E-state index in [1.54, 1.807) is 18.0 Å². The molecule has 0 spiro atoms. The molecule has 5 heteroatoms. The van der Waals surface area contributed by atoms with Crippen LogP contribution in [0, 0.1) is 0 Å². The zero-order valence-electron chi connectivity index (χ0n) is 7.83. The van der Waals surface area contributed by atoms with Gasteiger partial charge in [0, 0.05) is 12.3 Å². The Kier molecular flexibility index (Phi) is 4.09. The van der Waals surface area contributed by atoms with Crippen molar-refractivity contribution in [1.82, 2.24) is 9.78 Å². The molecule has 0 aliphatic carbocycles. The van der Waals surface area contributed by atoms with Crippen LogP contribution in [0.25, 0.3) is 0 Å². The normalized spacial score (nSPS) is 13.2. The summed E-state index contributed by atoms with van der Waals surface area (Å²) in [6.07, 6.45) is 3.68. The molecule has 0 aliphatic rings. The van der Waals surface area contributed by atoms with Crippen molar-refractivity contribution in [3.63, 3.8) is 0 Å². The standard InChI is InChI=1S/C8H14ClN3S/c1-3-12-8(6(9)4-11-12)7(10)5-13-2/h4,7H,3,5,10H2,1-2H3. The van der Waals surface area contributed by atoms with E-state index in [1.165, 1.54) is 0 Å². The molecule has 1 heterocycles. The molecule has 0 bridgehead atoms. The third-order valence-corrected chi connectivity index (χ3v) is 2.81. The van der Waals surface area contributed by atoms with Gasteiger partial charge >= 0.3 is 0 Å². The average Bonchev–Trinajstić information content (AvgIpc) is 2.47. The number of nitrogens with two attached hydrogens (primary N) is 1. The first-order valence-corrected chi connectivity index (χ1v) is 5.93. The molecule has 1 atom stereocenters. The molecule has 0 aliphatic heterocycles. The number of nitrogens with zero attached hydrogens (tertiary/aromatic N) is 2. The Bertz CT molecular complexity index is 274. The molecule has 0 saturated carbocycles. The topological polar surface area (TPSA) is 43.8 Å². The molecule has 1 aromatic heterocycles. The maximum absolute atomic E-state index is 5.98. The van der Waals surface area contributed by atoms with E-state index in [9.17, 15) is 0 Å². The Morgan fingerprint density at radius 2 is 2.46 bits per heavy atom. The lowest BCUT2D eigenvalue weighted by atomic mass is 10.2. The SMILES string of the molecule is CCn1ncc(Cl)c1C(N)CSC. The lowest BCUT2D eigenvalue weighted by Crippen LogP contribution is -2.18. The molecule has 0 fully saturated rings. The van der Waals surface area contributed by atoms with Gasteiger partial charge in [0.05, 0.1) is 23.0 Å². The number of rotatable bonds is 4. The van der Waals surface area contributed by atoms with Crippen LogP contribution in [-0.4, -0.2) is 21.8 Å². The van der Waals surface area contributed by atoms with Crippen LogP contribution in [0.1, 0.15) is 18.7 Å². The minimum absolute atomic E-state index is 0.0232. The van der Waals surface area contributed by atoms with Crippen molar-refractivity contribution >= 4 is 23.4 Å². The molecule has 3 nitrogen and oxygen atoms in total. The third kappa shape index (κ3) is 2.39. The van der Waals surface area contributed by atoms with Crippen LogP contribution in [0.3, 0.4) is 0 Å². The fourth-order valence-electron chi connectivity index (χ4n) is 1.25. The first-order chi connectivity index (χ1) is 6.20. The summed E-state index contributed by atoms with van der Waals surface area (Å²) in [6.45, 7) is 2.84. The zero-order chi connectivity index (χ0) is 9.84. The molecule has 0 radical (unpaired) electrons. The lowest BCUT2D eigenvalue weighted by molar-refractivity contribution is 0.593. The smallest absolute Gasteiger partial charge is 0.0834 e. The van der Waals surface area contributed by atoms with Gasteiger partial charge in [0.15, 0.2) is 0 Å². The van der Waals surface area contributed by atoms with Crippen molar-refractivity contribution in [2.24, 2.45) is 5.73 Å². The highest BCUT2D eigenvalue weighted by Crippen LogP contribution is 2.22. The summed E-state index contributed by atoms with van der Waals surface area (Å²) < 4.78 is 1.85. The highest BCUT2D eigenvalue weighted by molar-refractivity contribution is 7.98. The number of hydrogen-bond donors (Lipinski definition) is 1. The Balaban J connectivity index is 2.89. The molecular formula is C8H14ClN3S. The first kappa shape index (κ1) is 10.9. The van der Waals surface area contributed by atoms with Crippen molar-refractivity contribution in [2.75, 3.05) is 12.0 Å². The van der Waals surface area contributed by atoms with Gasteiger partial charge in [-0.3, -0.25) is 4.68 Å². The van der Waals surface area contributed by atoms with E-state index in [0.29, 0.717) is 5.02 Å². The van der Waals surface area contributed by atoms with Crippen LogP contribution in [0.5, 0.6) is 0 Å². The summed E-state index contributed by atoms with van der Waals surface area (Å²) in [4.78, 5) is 0. The molecule has 0 saturated heterocycles. The molecule has 0 amide bonds. The lowest BCUT2D eigenvalue weighted by Gasteiger charge is -2.12. The zero-order valence-corrected chi connectivity index (χ0v) is 9.40. The second-order valence-corrected chi connectivity index (χ2v) is 4.07. The first-order valence-electron chi connectivity index (χ1n) is 4.16. The van der Waals surface area contributed by atoms with Crippen molar-refractivity contribution in [2.45, 2.75) is 19.5 Å². The van der Waals surface area contributed by atoms with Gasteiger partial charge in [-0.2, -0.15) is 16.9 Å². The van der Waals surface area contributed by atoms with E-state index in [2.05, 4.69) is 5.10 Å². The van der Waals surface area contributed by atoms with Crippen LogP contribution in [-0.2, 0) is 6.54 Å². The molecule has 74 valence electrons. The Morgan fingerprint density at radius 3 is 3.00 bits per heavy atom. The van der Waals surface area contributed by atoms with E-state index >= 15 is 0 Å². The number of aryl methyl sites for hydroxylation is 1. The van der Waals surface area contributed by atoms with E-state index in [1.807, 2.05) is 17.9 Å². The van der Waals surface area contributed by atoms with Crippen LogP contribution >= 0.6 is 23.4 Å². The van der Waals surface area contributed by atoms with Crippen LogP contribution in [0.2, 0.25) is 5.02 Å². The Hall–Kier alpha value is -0.190. The highest BCUT2D eigenvalue weighted by atomic mass is 35.5. The van der Waals surface area contributed by atoms with Gasteiger partial charge in [-0.1, -0.05) is 11.6 Å². The number of hydrogen-bond acceptors (Lipinski definition) is 3. The second kappa shape index (κ2) is 4.88. The van der Waals surface area contributed by atoms with E-state index in [0.717, 1.165) is 18.0 Å². The number of thioether (sulfide) groups is 1. The maximum Gasteiger partial charge on any atom is 0.0834 e. The largest absolute Gasteiger partial charge is 0.322 e. The summed E-state index contributed by atoms with van der Waals surface area (Å²) >= 11 is 7.69. The van der Waals surface area contributed by atoms with Gasteiger partial charge < -0.3 is 5.73 Å². The predicted octanol–water partition coefficient (Wildman–Crippen LogP) is 1.92. The molecule has 0 aromatic carbocycles. The van der Waals surface area contributed by atoms with Crippen molar-refractivity contribution in [3.05, 3.63) is 16.9 Å². The summed E-state index contributed by atoms with van der Waals surface area (Å²) in [7, 11) is 0. The maximum atomic E-state index is 5.98. The molecule has 1 aromatic rings. The predicted molar refractivity (Wildman–Crippen MR) is 58.2 cm³/mol. The summed E-state index contributed by atoms with van der Waals surface area (Å²) in [5.41, 5.74) is 6.90. The summed E-state index contributed by atoms with van der Waals surface area (Å²) in [5, 5.41) is 4.80. The quantitative estimate of drug-likeness (QED) is 0.842. The molecule has 2 N–H and O–H groups in total. The minimum atomic E-state index is -0.0232. The fraction of sp³-hybridized carbons (Fsp3) is 0.625. The van der Waals surface area contributed by atoms with E-state index in [-0.39, 0.29) is 6.04 Å². The van der Waals surface area contributed by atoms with Gasteiger partial charge in [0.25, 0.3) is 0 Å².